The topological polar surface area (TPSA) is 59.6 Å². The van der Waals surface area contributed by atoms with E-state index in [0.717, 1.165) is 19.1 Å². The molecule has 0 saturated heterocycles. The number of hydrogen-bond acceptors (Lipinski definition) is 3. The van der Waals surface area contributed by atoms with Crippen molar-refractivity contribution in [2.24, 2.45) is 0 Å². The van der Waals surface area contributed by atoms with E-state index in [-0.39, 0.29) is 0 Å². The van der Waals surface area contributed by atoms with Gasteiger partial charge in [-0.3, -0.25) is 4.57 Å². The van der Waals surface area contributed by atoms with Crippen molar-refractivity contribution < 1.29 is 0 Å². The van der Waals surface area contributed by atoms with Crippen molar-refractivity contribution in [3.8, 4) is 5.69 Å². The van der Waals surface area contributed by atoms with Crippen LogP contribution >= 0.6 is 60.0 Å². The molecule has 1 aromatic heterocycles. The number of aromatic nitrogens is 3. The van der Waals surface area contributed by atoms with Gasteiger partial charge in [0.2, 0.25) is 10.7 Å². The summed E-state index contributed by atoms with van der Waals surface area (Å²) < 4.78 is 4.76. The predicted molar refractivity (Wildman–Crippen MR) is 76.3 cm³/mol. The number of nitrogens with zero attached hydrogens (tertiary/aromatic N) is 2. The van der Waals surface area contributed by atoms with Gasteiger partial charge in [0.15, 0.2) is 0 Å². The SMILES string of the molecule is Nc1n[nH]c(=S)n1-c1c(Br)cc(Br)cc1Br. The van der Waals surface area contributed by atoms with Crippen molar-refractivity contribution in [2.45, 2.75) is 0 Å². The van der Waals surface area contributed by atoms with Crippen LogP contribution in [0.3, 0.4) is 0 Å². The molecule has 2 rings (SSSR count). The van der Waals surface area contributed by atoms with E-state index >= 15 is 0 Å². The maximum atomic E-state index is 5.75. The average Bonchev–Trinajstić information content (AvgIpc) is 2.47. The second kappa shape index (κ2) is 4.59. The Morgan fingerprint density at radius 2 is 1.81 bits per heavy atom. The average molecular weight is 429 g/mol. The lowest BCUT2D eigenvalue weighted by atomic mass is 10.3. The number of hydrogen-bond donors (Lipinski definition) is 2. The third-order valence-electron chi connectivity index (χ3n) is 1.90. The number of nitrogens with one attached hydrogen (secondary N) is 1. The summed E-state index contributed by atoms with van der Waals surface area (Å²) in [5.41, 5.74) is 6.57. The molecular weight excluding hydrogens is 424 g/mol. The molecule has 0 saturated carbocycles. The van der Waals surface area contributed by atoms with Gasteiger partial charge >= 0.3 is 0 Å². The van der Waals surface area contributed by atoms with Gasteiger partial charge in [-0.15, -0.1) is 5.10 Å². The highest BCUT2D eigenvalue weighted by Gasteiger charge is 2.13. The number of nitrogens with two attached hydrogens (primary N) is 1. The fourth-order valence-electron chi connectivity index (χ4n) is 1.27. The van der Waals surface area contributed by atoms with E-state index in [9.17, 15) is 0 Å². The zero-order valence-electron chi connectivity index (χ0n) is 7.67. The van der Waals surface area contributed by atoms with E-state index in [1.54, 1.807) is 4.57 Å². The highest BCUT2D eigenvalue weighted by molar-refractivity contribution is 9.11. The molecule has 0 bridgehead atoms. The van der Waals surface area contributed by atoms with Crippen molar-refractivity contribution in [3.63, 3.8) is 0 Å². The number of benzene rings is 1. The van der Waals surface area contributed by atoms with Crippen LogP contribution in [0.15, 0.2) is 25.6 Å². The van der Waals surface area contributed by atoms with Gasteiger partial charge in [-0.1, -0.05) is 15.9 Å². The number of halogens is 3. The minimum Gasteiger partial charge on any atom is -0.368 e. The third kappa shape index (κ3) is 2.11. The molecular formula is C8H5Br3N4S. The molecule has 4 nitrogen and oxygen atoms in total. The Kier molecular flexibility index (Phi) is 3.53. The summed E-state index contributed by atoms with van der Waals surface area (Å²) in [5.74, 6) is 0.314. The van der Waals surface area contributed by atoms with E-state index in [0.29, 0.717) is 10.7 Å². The molecule has 0 spiro atoms. The molecule has 0 unspecified atom stereocenters. The first kappa shape index (κ1) is 12.3. The third-order valence-corrected chi connectivity index (χ3v) is 3.84. The molecule has 84 valence electrons. The largest absolute Gasteiger partial charge is 0.368 e. The standard InChI is InChI=1S/C8H5Br3N4S/c9-3-1-4(10)6(5(11)2-3)15-7(12)13-14-8(15)16/h1-2H,(H2,12,13)(H,14,16). The summed E-state index contributed by atoms with van der Waals surface area (Å²) in [4.78, 5) is 0. The number of aromatic amines is 1. The lowest BCUT2D eigenvalue weighted by Crippen LogP contribution is -2.02. The molecule has 0 fully saturated rings. The van der Waals surface area contributed by atoms with Crippen molar-refractivity contribution in [1.29, 1.82) is 0 Å². The van der Waals surface area contributed by atoms with E-state index in [1.165, 1.54) is 0 Å². The monoisotopic (exact) mass is 426 g/mol. The molecule has 3 N–H and O–H groups in total. The van der Waals surface area contributed by atoms with Crippen LogP contribution in [0.1, 0.15) is 0 Å². The zero-order valence-corrected chi connectivity index (χ0v) is 13.2. The maximum Gasteiger partial charge on any atom is 0.225 e. The summed E-state index contributed by atoms with van der Waals surface area (Å²) in [6, 6.07) is 3.82. The molecule has 16 heavy (non-hydrogen) atoms. The number of rotatable bonds is 1. The molecule has 1 heterocycles. The first-order valence-electron chi connectivity index (χ1n) is 4.08. The van der Waals surface area contributed by atoms with Gasteiger partial charge in [0, 0.05) is 13.4 Å². The van der Waals surface area contributed by atoms with E-state index < -0.39 is 0 Å². The Bertz CT molecular complexity index is 581. The van der Waals surface area contributed by atoms with Gasteiger partial charge in [0.05, 0.1) is 5.69 Å². The smallest absolute Gasteiger partial charge is 0.225 e. The van der Waals surface area contributed by atoms with Gasteiger partial charge in [0.25, 0.3) is 0 Å². The first-order valence-corrected chi connectivity index (χ1v) is 6.87. The lowest BCUT2D eigenvalue weighted by Gasteiger charge is -2.09. The van der Waals surface area contributed by atoms with Gasteiger partial charge in [-0.05, 0) is 56.2 Å². The Hall–Kier alpha value is -0.180. The number of anilines is 1. The fourth-order valence-corrected chi connectivity index (χ4v) is 4.12. The molecule has 0 amide bonds. The molecule has 0 atom stereocenters. The maximum absolute atomic E-state index is 5.75. The van der Waals surface area contributed by atoms with Gasteiger partial charge in [-0.25, -0.2) is 5.10 Å². The molecule has 0 aliphatic heterocycles. The molecule has 1 aromatic carbocycles. The highest BCUT2D eigenvalue weighted by atomic mass is 79.9. The number of nitrogen functional groups attached to an aromatic ring is 1. The van der Waals surface area contributed by atoms with Crippen LogP contribution in [0.5, 0.6) is 0 Å². The zero-order chi connectivity index (χ0) is 11.9. The van der Waals surface area contributed by atoms with E-state index in [2.05, 4.69) is 58.0 Å². The lowest BCUT2D eigenvalue weighted by molar-refractivity contribution is 1.02. The van der Waals surface area contributed by atoms with Crippen LogP contribution < -0.4 is 5.73 Å². The number of H-pyrrole nitrogens is 1. The van der Waals surface area contributed by atoms with Crippen molar-refractivity contribution in [2.75, 3.05) is 5.73 Å². The van der Waals surface area contributed by atoms with Gasteiger partial charge < -0.3 is 5.73 Å². The van der Waals surface area contributed by atoms with E-state index in [4.69, 9.17) is 18.0 Å². The summed E-state index contributed by atoms with van der Waals surface area (Å²) in [7, 11) is 0. The van der Waals surface area contributed by atoms with Gasteiger partial charge in [0.1, 0.15) is 0 Å². The normalized spacial score (nSPS) is 10.7. The Balaban J connectivity index is 2.79. The van der Waals surface area contributed by atoms with Crippen molar-refractivity contribution in [3.05, 3.63) is 30.3 Å². The summed E-state index contributed by atoms with van der Waals surface area (Å²) >= 11 is 15.4. The minimum absolute atomic E-state index is 0.314. The fraction of sp³-hybridized carbons (Fsp3) is 0. The van der Waals surface area contributed by atoms with Crippen LogP contribution in [0.25, 0.3) is 5.69 Å². The Morgan fingerprint density at radius 1 is 1.25 bits per heavy atom. The molecule has 8 heteroatoms. The predicted octanol–water partition coefficient (Wildman–Crippen LogP) is 3.80. The quantitative estimate of drug-likeness (QED) is 0.679. The van der Waals surface area contributed by atoms with Crippen molar-refractivity contribution in [1.82, 2.24) is 14.8 Å². The van der Waals surface area contributed by atoms with Crippen molar-refractivity contribution >= 4 is 66.0 Å². The van der Waals surface area contributed by atoms with Crippen LogP contribution in [0.4, 0.5) is 5.95 Å². The Morgan fingerprint density at radius 3 is 2.25 bits per heavy atom. The van der Waals surface area contributed by atoms with E-state index in [1.807, 2.05) is 12.1 Å². The second-order valence-electron chi connectivity index (χ2n) is 2.94. The second-order valence-corrected chi connectivity index (χ2v) is 5.95. The van der Waals surface area contributed by atoms with Crippen LogP contribution in [0, 0.1) is 4.77 Å². The van der Waals surface area contributed by atoms with Crippen LogP contribution in [-0.2, 0) is 0 Å². The summed E-state index contributed by atoms with van der Waals surface area (Å²) in [5, 5.41) is 6.51. The molecule has 0 aliphatic carbocycles. The summed E-state index contributed by atoms with van der Waals surface area (Å²) in [6.45, 7) is 0. The highest BCUT2D eigenvalue weighted by Crippen LogP contribution is 2.33. The van der Waals surface area contributed by atoms with Crippen LogP contribution in [0.2, 0.25) is 0 Å². The van der Waals surface area contributed by atoms with Crippen LogP contribution in [-0.4, -0.2) is 14.8 Å². The molecule has 0 aliphatic rings. The molecule has 0 radical (unpaired) electrons. The van der Waals surface area contributed by atoms with Gasteiger partial charge in [-0.2, -0.15) is 0 Å². The molecule has 2 aromatic rings. The Labute approximate surface area is 122 Å². The first-order chi connectivity index (χ1) is 7.50. The minimum atomic E-state index is 0.314. The summed E-state index contributed by atoms with van der Waals surface area (Å²) in [6.07, 6.45) is 0.